The smallest absolute Gasteiger partial charge is 0.253 e. The van der Waals surface area contributed by atoms with Gasteiger partial charge in [-0.3, -0.25) is 9.59 Å². The summed E-state index contributed by atoms with van der Waals surface area (Å²) in [5.41, 5.74) is 1.70. The van der Waals surface area contributed by atoms with Crippen LogP contribution in [0.2, 0.25) is 0 Å². The van der Waals surface area contributed by atoms with E-state index >= 15 is 0 Å². The lowest BCUT2D eigenvalue weighted by Gasteiger charge is -2.32. The number of benzene rings is 1. The van der Waals surface area contributed by atoms with Crippen molar-refractivity contribution in [1.82, 2.24) is 14.8 Å². The third kappa shape index (κ3) is 3.60. The summed E-state index contributed by atoms with van der Waals surface area (Å²) in [5, 5.41) is 3.13. The van der Waals surface area contributed by atoms with Gasteiger partial charge >= 0.3 is 0 Å². The van der Waals surface area contributed by atoms with E-state index in [4.69, 9.17) is 0 Å². The predicted octanol–water partition coefficient (Wildman–Crippen LogP) is 2.61. The van der Waals surface area contributed by atoms with Crippen molar-refractivity contribution in [2.45, 2.75) is 31.7 Å². The summed E-state index contributed by atoms with van der Waals surface area (Å²) in [6.07, 6.45) is 7.67. The van der Waals surface area contributed by atoms with Gasteiger partial charge in [-0.1, -0.05) is 6.07 Å². The van der Waals surface area contributed by atoms with Crippen LogP contribution in [0.3, 0.4) is 0 Å². The van der Waals surface area contributed by atoms with Crippen molar-refractivity contribution in [2.75, 3.05) is 13.1 Å². The van der Waals surface area contributed by atoms with E-state index in [9.17, 15) is 9.59 Å². The SMILES string of the molecule is O=C(NC1CCN(C(=O)c2cccc(-n3cccc3)c2)CC1)C1CC1. The van der Waals surface area contributed by atoms with Crippen LogP contribution in [0.4, 0.5) is 0 Å². The fraction of sp³-hybridized carbons (Fsp3) is 0.400. The summed E-state index contributed by atoms with van der Waals surface area (Å²) >= 11 is 0. The Morgan fingerprint density at radius 1 is 0.960 bits per heavy atom. The molecule has 1 aromatic heterocycles. The number of hydrogen-bond acceptors (Lipinski definition) is 2. The molecule has 1 aliphatic heterocycles. The van der Waals surface area contributed by atoms with Crippen LogP contribution in [-0.4, -0.2) is 40.4 Å². The summed E-state index contributed by atoms with van der Waals surface area (Å²) in [4.78, 5) is 26.6. The third-order valence-corrected chi connectivity index (χ3v) is 5.07. The van der Waals surface area contributed by atoms with Gasteiger partial charge in [0.1, 0.15) is 0 Å². The molecule has 1 saturated heterocycles. The zero-order valence-electron chi connectivity index (χ0n) is 14.2. The molecule has 4 rings (SSSR count). The molecule has 2 aliphatic rings. The Morgan fingerprint density at radius 3 is 2.36 bits per heavy atom. The number of aromatic nitrogens is 1. The molecular weight excluding hydrogens is 314 g/mol. The molecule has 0 radical (unpaired) electrons. The van der Waals surface area contributed by atoms with Gasteiger partial charge in [0.05, 0.1) is 0 Å². The second-order valence-electron chi connectivity index (χ2n) is 6.99. The maximum Gasteiger partial charge on any atom is 0.253 e. The standard InChI is InChI=1S/C20H23N3O2/c24-19(15-6-7-15)21-17-8-12-23(13-9-17)20(25)16-4-3-5-18(14-16)22-10-1-2-11-22/h1-5,10-11,14-15,17H,6-9,12-13H2,(H,21,24). The first kappa shape index (κ1) is 15.9. The van der Waals surface area contributed by atoms with Crippen LogP contribution >= 0.6 is 0 Å². The van der Waals surface area contributed by atoms with Crippen LogP contribution in [0.5, 0.6) is 0 Å². The number of hydrogen-bond donors (Lipinski definition) is 1. The van der Waals surface area contributed by atoms with E-state index < -0.39 is 0 Å². The van der Waals surface area contributed by atoms with Gasteiger partial charge in [0.25, 0.3) is 5.91 Å². The molecule has 2 fully saturated rings. The fourth-order valence-electron chi connectivity index (χ4n) is 3.38. The molecular formula is C20H23N3O2. The normalized spacial score (nSPS) is 18.2. The molecule has 1 saturated carbocycles. The second kappa shape index (κ2) is 6.75. The summed E-state index contributed by atoms with van der Waals surface area (Å²) < 4.78 is 2.00. The highest BCUT2D eigenvalue weighted by molar-refractivity contribution is 5.94. The van der Waals surface area contributed by atoms with E-state index in [0.717, 1.165) is 31.4 Å². The summed E-state index contributed by atoms with van der Waals surface area (Å²) in [5.74, 6) is 0.515. The minimum Gasteiger partial charge on any atom is -0.353 e. The number of amides is 2. The fourth-order valence-corrected chi connectivity index (χ4v) is 3.38. The summed E-state index contributed by atoms with van der Waals surface area (Å²) in [7, 11) is 0. The highest BCUT2D eigenvalue weighted by atomic mass is 16.2. The van der Waals surface area contributed by atoms with Gasteiger partial charge in [0, 0.05) is 48.7 Å². The molecule has 0 bridgehead atoms. The van der Waals surface area contributed by atoms with E-state index in [0.29, 0.717) is 18.7 Å². The van der Waals surface area contributed by atoms with Crippen LogP contribution in [0.15, 0.2) is 48.8 Å². The molecule has 5 nitrogen and oxygen atoms in total. The molecule has 130 valence electrons. The van der Waals surface area contributed by atoms with E-state index in [1.54, 1.807) is 0 Å². The van der Waals surface area contributed by atoms with Crippen molar-refractivity contribution >= 4 is 11.8 Å². The number of nitrogens with zero attached hydrogens (tertiary/aromatic N) is 2. The molecule has 1 aromatic carbocycles. The number of likely N-dealkylation sites (tertiary alicyclic amines) is 1. The molecule has 0 unspecified atom stereocenters. The number of piperidine rings is 1. The Balaban J connectivity index is 1.37. The van der Waals surface area contributed by atoms with E-state index in [1.165, 1.54) is 0 Å². The van der Waals surface area contributed by atoms with Crippen LogP contribution in [0.25, 0.3) is 5.69 Å². The topological polar surface area (TPSA) is 54.3 Å². The Kier molecular flexibility index (Phi) is 4.30. The third-order valence-electron chi connectivity index (χ3n) is 5.07. The molecule has 2 aromatic rings. The van der Waals surface area contributed by atoms with Crippen molar-refractivity contribution in [3.63, 3.8) is 0 Å². The summed E-state index contributed by atoms with van der Waals surface area (Å²) in [6, 6.07) is 11.9. The van der Waals surface area contributed by atoms with Crippen LogP contribution in [-0.2, 0) is 4.79 Å². The van der Waals surface area contributed by atoms with Gasteiger partial charge in [-0.25, -0.2) is 0 Å². The first-order valence-electron chi connectivity index (χ1n) is 9.04. The number of nitrogens with one attached hydrogen (secondary N) is 1. The molecule has 0 spiro atoms. The van der Waals surface area contributed by atoms with Gasteiger partial charge < -0.3 is 14.8 Å². The summed E-state index contributed by atoms with van der Waals surface area (Å²) in [6.45, 7) is 1.39. The second-order valence-corrected chi connectivity index (χ2v) is 6.99. The first-order chi connectivity index (χ1) is 12.2. The van der Waals surface area contributed by atoms with Gasteiger partial charge in [0.2, 0.25) is 5.91 Å². The van der Waals surface area contributed by atoms with Crippen molar-refractivity contribution in [3.8, 4) is 5.69 Å². The first-order valence-corrected chi connectivity index (χ1v) is 9.04. The molecule has 25 heavy (non-hydrogen) atoms. The van der Waals surface area contributed by atoms with Crippen LogP contribution in [0.1, 0.15) is 36.0 Å². The van der Waals surface area contributed by atoms with E-state index in [1.807, 2.05) is 58.3 Å². The molecule has 2 amide bonds. The maximum atomic E-state index is 12.8. The van der Waals surface area contributed by atoms with E-state index in [-0.39, 0.29) is 23.8 Å². The quantitative estimate of drug-likeness (QED) is 0.932. The Labute approximate surface area is 147 Å². The predicted molar refractivity (Wildman–Crippen MR) is 95.6 cm³/mol. The highest BCUT2D eigenvalue weighted by Crippen LogP contribution is 2.29. The Morgan fingerprint density at radius 2 is 1.68 bits per heavy atom. The average Bonchev–Trinajstić information content (AvgIpc) is 3.36. The molecule has 1 aliphatic carbocycles. The Hall–Kier alpha value is -2.56. The van der Waals surface area contributed by atoms with Gasteiger partial charge in [-0.05, 0) is 56.0 Å². The van der Waals surface area contributed by atoms with Crippen molar-refractivity contribution < 1.29 is 9.59 Å². The minimum atomic E-state index is 0.0703. The van der Waals surface area contributed by atoms with Crippen molar-refractivity contribution in [1.29, 1.82) is 0 Å². The molecule has 0 atom stereocenters. The lowest BCUT2D eigenvalue weighted by Crippen LogP contribution is -2.46. The zero-order chi connectivity index (χ0) is 17.2. The van der Waals surface area contributed by atoms with Crippen LogP contribution < -0.4 is 5.32 Å². The molecule has 1 N–H and O–H groups in total. The molecule has 2 heterocycles. The zero-order valence-corrected chi connectivity index (χ0v) is 14.2. The van der Waals surface area contributed by atoms with Gasteiger partial charge in [-0.2, -0.15) is 0 Å². The maximum absolute atomic E-state index is 12.8. The largest absolute Gasteiger partial charge is 0.353 e. The van der Waals surface area contributed by atoms with Crippen molar-refractivity contribution in [3.05, 3.63) is 54.4 Å². The minimum absolute atomic E-state index is 0.0703. The highest BCUT2D eigenvalue weighted by Gasteiger charge is 2.32. The lowest BCUT2D eigenvalue weighted by atomic mass is 10.0. The number of carbonyl (C=O) groups excluding carboxylic acids is 2. The number of rotatable bonds is 4. The lowest BCUT2D eigenvalue weighted by molar-refractivity contribution is -0.123. The van der Waals surface area contributed by atoms with E-state index in [2.05, 4.69) is 5.32 Å². The average molecular weight is 337 g/mol. The van der Waals surface area contributed by atoms with Gasteiger partial charge in [0.15, 0.2) is 0 Å². The number of carbonyl (C=O) groups is 2. The van der Waals surface area contributed by atoms with Gasteiger partial charge in [-0.15, -0.1) is 0 Å². The monoisotopic (exact) mass is 337 g/mol. The van der Waals surface area contributed by atoms with Crippen LogP contribution in [0, 0.1) is 5.92 Å². The molecule has 5 heteroatoms. The van der Waals surface area contributed by atoms with Crippen molar-refractivity contribution in [2.24, 2.45) is 5.92 Å². The Bertz CT molecular complexity index is 757.